The van der Waals surface area contributed by atoms with Crippen LogP contribution < -0.4 is 4.74 Å². The molecule has 5 rings (SSSR count). The van der Waals surface area contributed by atoms with Crippen LogP contribution in [0.25, 0.3) is 16.3 Å². The molecule has 0 spiro atoms. The SMILES string of the molecule is N#CN1CCC(=C2c3ccccc3Oc3ccc4ccccc4c32)CC1. The third kappa shape index (κ3) is 2.27. The van der Waals surface area contributed by atoms with Crippen molar-refractivity contribution in [2.75, 3.05) is 13.1 Å². The molecule has 0 radical (unpaired) electrons. The zero-order valence-electron chi connectivity index (χ0n) is 14.4. The molecule has 2 aliphatic heterocycles. The summed E-state index contributed by atoms with van der Waals surface area (Å²) in [5.41, 5.74) is 5.08. The maximum Gasteiger partial charge on any atom is 0.179 e. The maximum absolute atomic E-state index is 9.18. The minimum absolute atomic E-state index is 0.790. The fraction of sp³-hybridized carbons (Fsp3) is 0.174. The first-order valence-electron chi connectivity index (χ1n) is 9.01. The molecule has 2 heterocycles. The van der Waals surface area contributed by atoms with Crippen molar-refractivity contribution in [3.8, 4) is 17.7 Å². The highest BCUT2D eigenvalue weighted by molar-refractivity contribution is 6.03. The van der Waals surface area contributed by atoms with Gasteiger partial charge in [-0.05, 0) is 41.3 Å². The zero-order valence-corrected chi connectivity index (χ0v) is 14.4. The summed E-state index contributed by atoms with van der Waals surface area (Å²) < 4.78 is 6.25. The largest absolute Gasteiger partial charge is 0.456 e. The van der Waals surface area contributed by atoms with Crippen LogP contribution in [0.2, 0.25) is 0 Å². The number of ether oxygens (including phenoxy) is 1. The van der Waals surface area contributed by atoms with Gasteiger partial charge < -0.3 is 9.64 Å². The Balaban J connectivity index is 1.79. The van der Waals surface area contributed by atoms with Crippen LogP contribution in [-0.2, 0) is 0 Å². The standard InChI is InChI=1S/C23H18N2O/c24-15-25-13-11-17(12-14-25)22-19-7-3-4-8-20(19)26-21-10-9-16-5-1-2-6-18(16)23(21)22/h1-10H,11-14H2. The number of para-hydroxylation sites is 1. The quantitative estimate of drug-likeness (QED) is 0.407. The van der Waals surface area contributed by atoms with Gasteiger partial charge in [0.15, 0.2) is 6.19 Å². The average molecular weight is 338 g/mol. The predicted octanol–water partition coefficient (Wildman–Crippen LogP) is 5.32. The monoisotopic (exact) mass is 338 g/mol. The molecule has 3 nitrogen and oxygen atoms in total. The summed E-state index contributed by atoms with van der Waals surface area (Å²) in [4.78, 5) is 1.85. The van der Waals surface area contributed by atoms with E-state index in [4.69, 9.17) is 4.74 Å². The molecule has 0 aromatic heterocycles. The van der Waals surface area contributed by atoms with Crippen LogP contribution in [0, 0.1) is 11.5 Å². The van der Waals surface area contributed by atoms with E-state index in [0.717, 1.165) is 43.0 Å². The Morgan fingerprint density at radius 3 is 2.46 bits per heavy atom. The molecule has 126 valence electrons. The lowest BCUT2D eigenvalue weighted by atomic mass is 9.84. The first kappa shape index (κ1) is 15.0. The van der Waals surface area contributed by atoms with Gasteiger partial charge in [-0.1, -0.05) is 54.1 Å². The lowest BCUT2D eigenvalue weighted by molar-refractivity contribution is 0.365. The number of fused-ring (bicyclic) bond motifs is 4. The highest BCUT2D eigenvalue weighted by atomic mass is 16.5. The average Bonchev–Trinajstić information content (AvgIpc) is 2.72. The van der Waals surface area contributed by atoms with Crippen molar-refractivity contribution >= 4 is 16.3 Å². The van der Waals surface area contributed by atoms with Crippen LogP contribution in [0.5, 0.6) is 11.5 Å². The fourth-order valence-corrected chi connectivity index (χ4v) is 4.10. The number of hydrogen-bond donors (Lipinski definition) is 0. The third-order valence-electron chi connectivity index (χ3n) is 5.38. The van der Waals surface area contributed by atoms with Crippen LogP contribution in [0.3, 0.4) is 0 Å². The highest BCUT2D eigenvalue weighted by Crippen LogP contribution is 2.48. The second-order valence-corrected chi connectivity index (χ2v) is 6.82. The number of benzene rings is 3. The first-order chi connectivity index (χ1) is 12.8. The van der Waals surface area contributed by atoms with E-state index in [-0.39, 0.29) is 0 Å². The number of nitriles is 1. The van der Waals surface area contributed by atoms with Gasteiger partial charge in [0.05, 0.1) is 0 Å². The van der Waals surface area contributed by atoms with Gasteiger partial charge in [-0.3, -0.25) is 0 Å². The Morgan fingerprint density at radius 2 is 1.62 bits per heavy atom. The molecule has 0 saturated carbocycles. The topological polar surface area (TPSA) is 36.3 Å². The van der Waals surface area contributed by atoms with Crippen molar-refractivity contribution < 1.29 is 4.74 Å². The van der Waals surface area contributed by atoms with Crippen molar-refractivity contribution in [1.82, 2.24) is 4.90 Å². The molecule has 3 aromatic carbocycles. The van der Waals surface area contributed by atoms with E-state index in [1.165, 1.54) is 27.5 Å². The molecule has 0 atom stereocenters. The van der Waals surface area contributed by atoms with Crippen LogP contribution in [0.1, 0.15) is 24.0 Å². The second-order valence-electron chi connectivity index (χ2n) is 6.82. The summed E-state index contributed by atoms with van der Waals surface area (Å²) in [7, 11) is 0. The number of hydrogen-bond acceptors (Lipinski definition) is 3. The number of nitrogens with zero attached hydrogens (tertiary/aromatic N) is 2. The Morgan fingerprint density at radius 1 is 0.846 bits per heavy atom. The van der Waals surface area contributed by atoms with E-state index < -0.39 is 0 Å². The molecule has 2 aliphatic rings. The molecular weight excluding hydrogens is 320 g/mol. The molecule has 1 saturated heterocycles. The Labute approximate surface area is 152 Å². The summed E-state index contributed by atoms with van der Waals surface area (Å²) in [6.07, 6.45) is 4.11. The Hall–Kier alpha value is -3.25. The van der Waals surface area contributed by atoms with Crippen LogP contribution in [-0.4, -0.2) is 18.0 Å². The minimum Gasteiger partial charge on any atom is -0.456 e. The molecule has 0 N–H and O–H groups in total. The van der Waals surface area contributed by atoms with Crippen molar-refractivity contribution in [2.45, 2.75) is 12.8 Å². The lowest BCUT2D eigenvalue weighted by Crippen LogP contribution is -2.26. The van der Waals surface area contributed by atoms with E-state index in [0.29, 0.717) is 0 Å². The summed E-state index contributed by atoms with van der Waals surface area (Å²) in [5.74, 6) is 1.84. The third-order valence-corrected chi connectivity index (χ3v) is 5.38. The molecule has 0 bridgehead atoms. The molecule has 0 unspecified atom stereocenters. The molecule has 0 aliphatic carbocycles. The van der Waals surface area contributed by atoms with Gasteiger partial charge in [-0.2, -0.15) is 5.26 Å². The fourth-order valence-electron chi connectivity index (χ4n) is 4.10. The minimum atomic E-state index is 0.790. The molecule has 26 heavy (non-hydrogen) atoms. The van der Waals surface area contributed by atoms with Crippen molar-refractivity contribution in [3.63, 3.8) is 0 Å². The van der Waals surface area contributed by atoms with E-state index in [1.807, 2.05) is 17.0 Å². The molecule has 0 amide bonds. The normalized spacial score (nSPS) is 15.9. The smallest absolute Gasteiger partial charge is 0.179 e. The van der Waals surface area contributed by atoms with Gasteiger partial charge in [-0.15, -0.1) is 0 Å². The Bertz CT molecular complexity index is 1080. The van der Waals surface area contributed by atoms with E-state index in [2.05, 4.69) is 54.7 Å². The number of rotatable bonds is 0. The zero-order chi connectivity index (χ0) is 17.5. The van der Waals surface area contributed by atoms with Gasteiger partial charge in [0, 0.05) is 24.2 Å². The molecule has 3 heteroatoms. The highest BCUT2D eigenvalue weighted by Gasteiger charge is 2.27. The Kier molecular flexibility index (Phi) is 3.43. The van der Waals surface area contributed by atoms with Crippen LogP contribution in [0.15, 0.2) is 66.2 Å². The van der Waals surface area contributed by atoms with Gasteiger partial charge in [-0.25, -0.2) is 0 Å². The maximum atomic E-state index is 9.18. The predicted molar refractivity (Wildman–Crippen MR) is 103 cm³/mol. The van der Waals surface area contributed by atoms with Crippen LogP contribution >= 0.6 is 0 Å². The van der Waals surface area contributed by atoms with Gasteiger partial charge >= 0.3 is 0 Å². The van der Waals surface area contributed by atoms with Crippen molar-refractivity contribution in [1.29, 1.82) is 5.26 Å². The summed E-state index contributed by atoms with van der Waals surface area (Å²) >= 11 is 0. The first-order valence-corrected chi connectivity index (χ1v) is 9.01. The summed E-state index contributed by atoms with van der Waals surface area (Å²) in [6.45, 7) is 1.58. The molecule has 1 fully saturated rings. The van der Waals surface area contributed by atoms with E-state index >= 15 is 0 Å². The summed E-state index contributed by atoms with van der Waals surface area (Å²) in [5, 5.41) is 11.6. The van der Waals surface area contributed by atoms with Crippen molar-refractivity contribution in [2.24, 2.45) is 0 Å². The second kappa shape index (κ2) is 5.93. The summed E-state index contributed by atoms with van der Waals surface area (Å²) in [6, 6.07) is 21.0. The van der Waals surface area contributed by atoms with Crippen molar-refractivity contribution in [3.05, 3.63) is 77.4 Å². The molecule has 3 aromatic rings. The van der Waals surface area contributed by atoms with Gasteiger partial charge in [0.2, 0.25) is 0 Å². The van der Waals surface area contributed by atoms with Crippen LogP contribution in [0.4, 0.5) is 0 Å². The van der Waals surface area contributed by atoms with Gasteiger partial charge in [0.1, 0.15) is 11.5 Å². The van der Waals surface area contributed by atoms with Gasteiger partial charge in [0.25, 0.3) is 0 Å². The number of piperidine rings is 1. The molecular formula is C23H18N2O. The van der Waals surface area contributed by atoms with E-state index in [9.17, 15) is 5.26 Å². The van der Waals surface area contributed by atoms with E-state index in [1.54, 1.807) is 0 Å². The number of likely N-dealkylation sites (tertiary alicyclic amines) is 1. The lowest BCUT2D eigenvalue weighted by Gasteiger charge is -2.30.